The maximum absolute atomic E-state index is 3.10. The topological polar surface area (TPSA) is 0 Å². The van der Waals surface area contributed by atoms with Crippen LogP contribution in [0.4, 0.5) is 0 Å². The summed E-state index contributed by atoms with van der Waals surface area (Å²) in [6.45, 7) is 4.15. The van der Waals surface area contributed by atoms with E-state index in [1.165, 1.54) is 11.1 Å². The van der Waals surface area contributed by atoms with E-state index in [9.17, 15) is 0 Å². The molecule has 9 heavy (non-hydrogen) atoms. The van der Waals surface area contributed by atoms with Crippen LogP contribution in [0, 0.1) is 19.9 Å². The van der Waals surface area contributed by atoms with Crippen molar-refractivity contribution >= 4 is 0 Å². The summed E-state index contributed by atoms with van der Waals surface area (Å²) in [5.74, 6) is 0. The van der Waals surface area contributed by atoms with Crippen LogP contribution in [-0.2, 0) is 18.6 Å². The van der Waals surface area contributed by atoms with E-state index < -0.39 is 0 Å². The van der Waals surface area contributed by atoms with Crippen molar-refractivity contribution in [2.75, 3.05) is 0 Å². The van der Waals surface area contributed by atoms with Crippen LogP contribution in [0.2, 0.25) is 0 Å². The second-order valence-electron chi connectivity index (χ2n) is 1.98. The molecule has 1 rings (SSSR count). The molecule has 0 fully saturated rings. The van der Waals surface area contributed by atoms with Gasteiger partial charge in [-0.3, -0.25) is 0 Å². The minimum Gasteiger partial charge on any atom is -0.180 e. The van der Waals surface area contributed by atoms with Gasteiger partial charge in [-0.1, -0.05) is 13.8 Å². The molecule has 0 aliphatic carbocycles. The Morgan fingerprint density at radius 2 is 2.00 bits per heavy atom. The van der Waals surface area contributed by atoms with Crippen molar-refractivity contribution in [1.29, 1.82) is 0 Å². The number of hydrogen-bond acceptors (Lipinski definition) is 0. The van der Waals surface area contributed by atoms with Crippen LogP contribution in [0.5, 0.6) is 0 Å². The van der Waals surface area contributed by atoms with Crippen molar-refractivity contribution in [2.45, 2.75) is 13.8 Å². The van der Waals surface area contributed by atoms with Crippen LogP contribution < -0.4 is 0 Å². The SMILES string of the molecule is Cc1[c-]cccc1C.[V]. The molecule has 1 radical (unpaired) electrons. The molecule has 0 saturated carbocycles. The van der Waals surface area contributed by atoms with E-state index in [4.69, 9.17) is 0 Å². The predicted molar refractivity (Wildman–Crippen MR) is 34.8 cm³/mol. The molecule has 0 spiro atoms. The van der Waals surface area contributed by atoms with Crippen LogP contribution in [0.3, 0.4) is 0 Å². The fourth-order valence-corrected chi connectivity index (χ4v) is 0.604. The normalized spacial score (nSPS) is 8.22. The average molecular weight is 156 g/mol. The van der Waals surface area contributed by atoms with E-state index in [1.807, 2.05) is 12.1 Å². The summed E-state index contributed by atoms with van der Waals surface area (Å²) in [6.07, 6.45) is 0. The Labute approximate surface area is 68.2 Å². The average Bonchev–Trinajstić information content (AvgIpc) is 1.77. The van der Waals surface area contributed by atoms with Crippen molar-refractivity contribution in [1.82, 2.24) is 0 Å². The van der Waals surface area contributed by atoms with Gasteiger partial charge in [0.2, 0.25) is 0 Å². The van der Waals surface area contributed by atoms with Crippen LogP contribution in [0.1, 0.15) is 11.1 Å². The molecule has 1 aromatic carbocycles. The third-order valence-corrected chi connectivity index (χ3v) is 1.33. The van der Waals surface area contributed by atoms with Crippen molar-refractivity contribution in [3.8, 4) is 0 Å². The zero-order valence-corrected chi connectivity index (χ0v) is 7.08. The molecule has 0 bridgehead atoms. The molecule has 0 aromatic heterocycles. The molecule has 0 aliphatic rings. The summed E-state index contributed by atoms with van der Waals surface area (Å²) in [4.78, 5) is 0. The molecule has 0 amide bonds. The molecule has 0 atom stereocenters. The van der Waals surface area contributed by atoms with E-state index in [-0.39, 0.29) is 18.6 Å². The second kappa shape index (κ2) is 3.76. The number of rotatable bonds is 0. The van der Waals surface area contributed by atoms with Crippen LogP contribution in [-0.4, -0.2) is 0 Å². The predicted octanol–water partition coefficient (Wildman–Crippen LogP) is 2.10. The zero-order chi connectivity index (χ0) is 5.98. The van der Waals surface area contributed by atoms with Gasteiger partial charge in [0.15, 0.2) is 0 Å². The van der Waals surface area contributed by atoms with Gasteiger partial charge in [0, 0.05) is 18.6 Å². The van der Waals surface area contributed by atoms with Crippen molar-refractivity contribution < 1.29 is 18.6 Å². The molecule has 1 heteroatoms. The molecule has 47 valence electrons. The third kappa shape index (κ3) is 2.25. The minimum atomic E-state index is 0. The molecule has 0 nitrogen and oxygen atoms in total. The maximum atomic E-state index is 3.10. The van der Waals surface area contributed by atoms with E-state index in [0.717, 1.165) is 0 Å². The van der Waals surface area contributed by atoms with Gasteiger partial charge in [0.1, 0.15) is 0 Å². The summed E-state index contributed by atoms with van der Waals surface area (Å²) in [6, 6.07) is 9.12. The Morgan fingerprint density at radius 3 is 2.33 bits per heavy atom. The van der Waals surface area contributed by atoms with Gasteiger partial charge >= 0.3 is 0 Å². The second-order valence-corrected chi connectivity index (χ2v) is 1.98. The Bertz CT molecular complexity index is 161. The Hall–Kier alpha value is -0.196. The van der Waals surface area contributed by atoms with Crippen molar-refractivity contribution in [3.63, 3.8) is 0 Å². The van der Waals surface area contributed by atoms with Gasteiger partial charge in [0.25, 0.3) is 0 Å². The van der Waals surface area contributed by atoms with Gasteiger partial charge < -0.3 is 0 Å². The summed E-state index contributed by atoms with van der Waals surface area (Å²) in [7, 11) is 0. The van der Waals surface area contributed by atoms with Crippen molar-refractivity contribution in [3.05, 3.63) is 35.4 Å². The first-order valence-electron chi connectivity index (χ1n) is 2.74. The van der Waals surface area contributed by atoms with Crippen LogP contribution >= 0.6 is 0 Å². The summed E-state index contributed by atoms with van der Waals surface area (Å²) in [5.41, 5.74) is 2.56. The van der Waals surface area contributed by atoms with E-state index in [0.29, 0.717) is 0 Å². The largest absolute Gasteiger partial charge is 0.180 e. The molecule has 1 aromatic rings. The summed E-state index contributed by atoms with van der Waals surface area (Å²) >= 11 is 0. The van der Waals surface area contributed by atoms with Gasteiger partial charge in [-0.25, -0.2) is 0 Å². The zero-order valence-electron chi connectivity index (χ0n) is 5.68. The van der Waals surface area contributed by atoms with E-state index in [1.54, 1.807) is 0 Å². The van der Waals surface area contributed by atoms with E-state index >= 15 is 0 Å². The molecule has 0 unspecified atom stereocenters. The molecule has 0 aliphatic heterocycles. The van der Waals surface area contributed by atoms with Crippen molar-refractivity contribution in [2.24, 2.45) is 0 Å². The fourth-order valence-electron chi connectivity index (χ4n) is 0.604. The first kappa shape index (κ1) is 8.80. The molecule has 0 heterocycles. The molecule has 0 N–H and O–H groups in total. The smallest absolute Gasteiger partial charge is 0 e. The number of benzene rings is 1. The van der Waals surface area contributed by atoms with Gasteiger partial charge in [-0.15, -0.1) is 0 Å². The van der Waals surface area contributed by atoms with Gasteiger partial charge in [-0.05, 0) is 0 Å². The maximum Gasteiger partial charge on any atom is 0 e. The number of aryl methyl sites for hydroxylation is 2. The first-order valence-corrected chi connectivity index (χ1v) is 2.74. The third-order valence-electron chi connectivity index (χ3n) is 1.33. The van der Waals surface area contributed by atoms with Gasteiger partial charge in [-0.2, -0.15) is 35.4 Å². The quantitative estimate of drug-likeness (QED) is 0.504. The Morgan fingerprint density at radius 1 is 1.33 bits per heavy atom. The first-order chi connectivity index (χ1) is 3.80. The monoisotopic (exact) mass is 156 g/mol. The fraction of sp³-hybridized carbons (Fsp3) is 0.250. The molecular formula is C8H9V-. The standard InChI is InChI=1S/C8H9.V/c1-7-5-3-4-6-8(7)2;/h3-5H,1-2H3;/q-1;. The Kier molecular flexibility index (Phi) is 3.68. The number of hydrogen-bond donors (Lipinski definition) is 0. The minimum absolute atomic E-state index is 0. The molecule has 0 saturated heterocycles. The molecular weight excluding hydrogens is 147 g/mol. The van der Waals surface area contributed by atoms with Gasteiger partial charge in [0.05, 0.1) is 0 Å². The van der Waals surface area contributed by atoms with E-state index in [2.05, 4.69) is 26.0 Å². The van der Waals surface area contributed by atoms with Crippen LogP contribution in [0.25, 0.3) is 0 Å². The summed E-state index contributed by atoms with van der Waals surface area (Å²) in [5, 5.41) is 0. The summed E-state index contributed by atoms with van der Waals surface area (Å²) < 4.78 is 0. The Balaban J connectivity index is 0.000000640. The van der Waals surface area contributed by atoms with Crippen LogP contribution in [0.15, 0.2) is 18.2 Å².